The third-order valence-corrected chi connectivity index (χ3v) is 2.86. The summed E-state index contributed by atoms with van der Waals surface area (Å²) in [5, 5.41) is 2.55. The summed E-state index contributed by atoms with van der Waals surface area (Å²) < 4.78 is 10.5. The second kappa shape index (κ2) is 6.80. The third-order valence-electron chi connectivity index (χ3n) is 2.43. The number of hydrazine groups is 1. The predicted octanol–water partition coefficient (Wildman–Crippen LogP) is 2.52. The van der Waals surface area contributed by atoms with E-state index >= 15 is 0 Å². The zero-order valence-corrected chi connectivity index (χ0v) is 12.6. The molecule has 0 saturated carbocycles. The van der Waals surface area contributed by atoms with Crippen molar-refractivity contribution in [1.82, 2.24) is 10.9 Å². The van der Waals surface area contributed by atoms with Gasteiger partial charge in [0.2, 0.25) is 0 Å². The zero-order chi connectivity index (χ0) is 15.2. The van der Waals surface area contributed by atoms with Crippen LogP contribution in [0.15, 0.2) is 45.5 Å². The molecule has 0 unspecified atom stereocenters. The Hall–Kier alpha value is -2.48. The van der Waals surface area contributed by atoms with Gasteiger partial charge in [-0.15, -0.1) is 0 Å². The summed E-state index contributed by atoms with van der Waals surface area (Å²) in [7, 11) is 1.55. The van der Waals surface area contributed by atoms with Crippen molar-refractivity contribution < 1.29 is 18.7 Å². The van der Waals surface area contributed by atoms with E-state index in [1.165, 1.54) is 6.07 Å². The number of amides is 3. The summed E-state index contributed by atoms with van der Waals surface area (Å²) >= 11 is 3.08. The van der Waals surface area contributed by atoms with Crippen LogP contribution in [0.25, 0.3) is 0 Å². The number of furan rings is 1. The molecule has 0 aliphatic rings. The number of ether oxygens (including phenoxy) is 1. The summed E-state index contributed by atoms with van der Waals surface area (Å²) in [4.78, 5) is 23.2. The van der Waals surface area contributed by atoms with Gasteiger partial charge in [-0.1, -0.05) is 0 Å². The molecule has 7 nitrogen and oxygen atoms in total. The van der Waals surface area contributed by atoms with Crippen LogP contribution in [-0.2, 0) is 0 Å². The maximum absolute atomic E-state index is 11.6. The van der Waals surface area contributed by atoms with E-state index in [2.05, 4.69) is 32.1 Å². The Bertz CT molecular complexity index is 639. The van der Waals surface area contributed by atoms with Crippen LogP contribution in [-0.4, -0.2) is 19.0 Å². The van der Waals surface area contributed by atoms with Crippen molar-refractivity contribution in [1.29, 1.82) is 0 Å². The van der Waals surface area contributed by atoms with Crippen LogP contribution in [0.2, 0.25) is 0 Å². The molecule has 0 aliphatic heterocycles. The first-order valence-electron chi connectivity index (χ1n) is 5.85. The number of carbonyl (C=O) groups excluding carboxylic acids is 2. The highest BCUT2D eigenvalue weighted by atomic mass is 79.9. The van der Waals surface area contributed by atoms with Crippen molar-refractivity contribution >= 4 is 33.6 Å². The van der Waals surface area contributed by atoms with Crippen molar-refractivity contribution in [3.63, 3.8) is 0 Å². The van der Waals surface area contributed by atoms with Gasteiger partial charge in [0, 0.05) is 5.69 Å². The van der Waals surface area contributed by atoms with Gasteiger partial charge in [0.25, 0.3) is 0 Å². The molecule has 0 atom stereocenters. The van der Waals surface area contributed by atoms with Crippen molar-refractivity contribution in [2.45, 2.75) is 0 Å². The molecule has 0 radical (unpaired) electrons. The molecule has 1 heterocycles. The van der Waals surface area contributed by atoms with E-state index in [0.29, 0.717) is 16.1 Å². The lowest BCUT2D eigenvalue weighted by atomic mass is 10.3. The highest BCUT2D eigenvalue weighted by molar-refractivity contribution is 9.10. The van der Waals surface area contributed by atoms with Crippen LogP contribution in [0.3, 0.4) is 0 Å². The van der Waals surface area contributed by atoms with Crippen LogP contribution < -0.4 is 20.9 Å². The Morgan fingerprint density at radius 1 is 1.10 bits per heavy atom. The first kappa shape index (κ1) is 14.9. The zero-order valence-electron chi connectivity index (χ0n) is 11.0. The first-order valence-corrected chi connectivity index (χ1v) is 6.64. The van der Waals surface area contributed by atoms with Gasteiger partial charge in [-0.25, -0.2) is 10.2 Å². The predicted molar refractivity (Wildman–Crippen MR) is 79.0 cm³/mol. The summed E-state index contributed by atoms with van der Waals surface area (Å²) in [5.74, 6) is 0.190. The van der Waals surface area contributed by atoms with E-state index in [0.717, 1.165) is 0 Å². The van der Waals surface area contributed by atoms with Crippen molar-refractivity contribution in [3.8, 4) is 5.75 Å². The quantitative estimate of drug-likeness (QED) is 0.739. The Kier molecular flexibility index (Phi) is 4.83. The third kappa shape index (κ3) is 4.25. The molecule has 0 bridgehead atoms. The molecule has 0 fully saturated rings. The average molecular weight is 354 g/mol. The minimum absolute atomic E-state index is 0.0756. The molecule has 3 N–H and O–H groups in total. The Morgan fingerprint density at radius 3 is 2.38 bits per heavy atom. The minimum Gasteiger partial charge on any atom is -0.497 e. The molecule has 2 rings (SSSR count). The second-order valence-corrected chi connectivity index (χ2v) is 4.65. The number of methoxy groups -OCH3 is 1. The maximum atomic E-state index is 11.6. The fourth-order valence-corrected chi connectivity index (χ4v) is 1.75. The van der Waals surface area contributed by atoms with Crippen LogP contribution in [0.5, 0.6) is 5.75 Å². The van der Waals surface area contributed by atoms with Gasteiger partial charge in [0.05, 0.1) is 7.11 Å². The number of hydrogen-bond acceptors (Lipinski definition) is 4. The summed E-state index contributed by atoms with van der Waals surface area (Å²) in [6.07, 6.45) is 0. The Labute approximate surface area is 128 Å². The topological polar surface area (TPSA) is 92.6 Å². The summed E-state index contributed by atoms with van der Waals surface area (Å²) in [6.45, 7) is 0. The Balaban J connectivity index is 1.82. The van der Waals surface area contributed by atoms with Crippen molar-refractivity contribution in [2.75, 3.05) is 12.4 Å². The largest absolute Gasteiger partial charge is 0.497 e. The lowest BCUT2D eigenvalue weighted by Gasteiger charge is -2.08. The summed E-state index contributed by atoms with van der Waals surface area (Å²) in [5.41, 5.74) is 4.98. The molecule has 0 aliphatic carbocycles. The lowest BCUT2D eigenvalue weighted by molar-refractivity contribution is 0.0909. The van der Waals surface area contributed by atoms with Crippen LogP contribution in [0, 0.1) is 0 Å². The monoisotopic (exact) mass is 353 g/mol. The van der Waals surface area contributed by atoms with Gasteiger partial charge in [-0.2, -0.15) is 0 Å². The molecule has 8 heteroatoms. The van der Waals surface area contributed by atoms with Gasteiger partial charge in [-0.05, 0) is 52.3 Å². The molecule has 0 saturated heterocycles. The number of nitrogens with one attached hydrogen (secondary N) is 3. The lowest BCUT2D eigenvalue weighted by Crippen LogP contribution is -2.43. The highest BCUT2D eigenvalue weighted by Crippen LogP contribution is 2.15. The van der Waals surface area contributed by atoms with Gasteiger partial charge in [-0.3, -0.25) is 10.2 Å². The van der Waals surface area contributed by atoms with Crippen LogP contribution >= 0.6 is 15.9 Å². The number of anilines is 1. The molecule has 1 aromatic carbocycles. The number of urea groups is 1. The average Bonchev–Trinajstić information content (AvgIpc) is 2.92. The van der Waals surface area contributed by atoms with E-state index in [4.69, 9.17) is 9.15 Å². The number of rotatable bonds is 3. The SMILES string of the molecule is COc1ccc(NC(=O)NNC(=O)c2ccc(Br)o2)cc1. The van der Waals surface area contributed by atoms with Crippen molar-refractivity contribution in [2.24, 2.45) is 0 Å². The molecular formula is C13H12BrN3O4. The molecular weight excluding hydrogens is 342 g/mol. The number of carbonyl (C=O) groups is 2. The van der Waals surface area contributed by atoms with Crippen LogP contribution in [0.1, 0.15) is 10.6 Å². The molecule has 21 heavy (non-hydrogen) atoms. The van der Waals surface area contributed by atoms with Gasteiger partial charge >= 0.3 is 11.9 Å². The highest BCUT2D eigenvalue weighted by Gasteiger charge is 2.11. The van der Waals surface area contributed by atoms with Gasteiger partial charge in [0.15, 0.2) is 10.4 Å². The first-order chi connectivity index (χ1) is 10.1. The molecule has 2 aromatic rings. The van der Waals surface area contributed by atoms with E-state index in [9.17, 15) is 9.59 Å². The fraction of sp³-hybridized carbons (Fsp3) is 0.0769. The molecule has 0 spiro atoms. The number of halogens is 1. The molecule has 3 amide bonds. The fourth-order valence-electron chi connectivity index (χ4n) is 1.45. The van der Waals surface area contributed by atoms with E-state index in [1.54, 1.807) is 37.4 Å². The van der Waals surface area contributed by atoms with E-state index in [-0.39, 0.29) is 5.76 Å². The Morgan fingerprint density at radius 2 is 1.81 bits per heavy atom. The number of hydrogen-bond donors (Lipinski definition) is 3. The summed E-state index contributed by atoms with van der Waals surface area (Å²) in [6, 6.07) is 9.21. The minimum atomic E-state index is -0.584. The smallest absolute Gasteiger partial charge is 0.337 e. The maximum Gasteiger partial charge on any atom is 0.337 e. The standard InChI is InChI=1S/C13H12BrN3O4/c1-20-9-4-2-8(3-5-9)15-13(19)17-16-12(18)10-6-7-11(14)21-10/h2-7H,1H3,(H,16,18)(H2,15,17,19). The molecule has 1 aromatic heterocycles. The molecule has 110 valence electrons. The van der Waals surface area contributed by atoms with Crippen LogP contribution in [0.4, 0.5) is 10.5 Å². The number of benzene rings is 1. The normalized spacial score (nSPS) is 9.81. The van der Waals surface area contributed by atoms with Crippen molar-refractivity contribution in [3.05, 3.63) is 46.8 Å². The van der Waals surface area contributed by atoms with E-state index < -0.39 is 11.9 Å². The second-order valence-electron chi connectivity index (χ2n) is 3.87. The van der Waals surface area contributed by atoms with E-state index in [1.807, 2.05) is 0 Å². The van der Waals surface area contributed by atoms with Gasteiger partial charge in [0.1, 0.15) is 5.75 Å². The van der Waals surface area contributed by atoms with Gasteiger partial charge < -0.3 is 14.5 Å².